The average molecular weight is 283 g/mol. The van der Waals surface area contributed by atoms with Crippen molar-refractivity contribution in [3.63, 3.8) is 0 Å². The normalized spacial score (nSPS) is 10.9. The third-order valence-electron chi connectivity index (χ3n) is 2.54. The van der Waals surface area contributed by atoms with E-state index in [2.05, 4.69) is 28.2 Å². The molecule has 0 aliphatic rings. The first-order valence-electron chi connectivity index (χ1n) is 5.46. The maximum atomic E-state index is 5.22. The van der Waals surface area contributed by atoms with Crippen LogP contribution in [0.2, 0.25) is 0 Å². The van der Waals surface area contributed by atoms with Crippen molar-refractivity contribution in [2.45, 2.75) is 13.3 Å². The topological polar surface area (TPSA) is 34.2 Å². The van der Waals surface area contributed by atoms with Crippen molar-refractivity contribution in [1.82, 2.24) is 10.3 Å². The van der Waals surface area contributed by atoms with Crippen LogP contribution in [0.15, 0.2) is 17.2 Å². The predicted octanol–water partition coefficient (Wildman–Crippen LogP) is 1.45. The van der Waals surface area contributed by atoms with E-state index in [1.807, 2.05) is 6.20 Å². The van der Waals surface area contributed by atoms with Gasteiger partial charge in [-0.2, -0.15) is 0 Å². The minimum atomic E-state index is 0.406. The molecule has 2 rings (SSSR count). The van der Waals surface area contributed by atoms with Crippen LogP contribution >= 0.6 is 0 Å². The van der Waals surface area contributed by atoms with Gasteiger partial charge in [0, 0.05) is 0 Å². The Bertz CT molecular complexity index is 467. The van der Waals surface area contributed by atoms with E-state index in [0.717, 1.165) is 25.3 Å². The van der Waals surface area contributed by atoms with Crippen molar-refractivity contribution in [2.75, 3.05) is 20.2 Å². The van der Waals surface area contributed by atoms with E-state index in [1.165, 1.54) is 15.3 Å². The summed E-state index contributed by atoms with van der Waals surface area (Å²) in [6.07, 6.45) is 2.89. The number of methoxy groups -OCH3 is 1. The van der Waals surface area contributed by atoms with Gasteiger partial charge in [0.2, 0.25) is 0 Å². The van der Waals surface area contributed by atoms with E-state index in [9.17, 15) is 0 Å². The van der Waals surface area contributed by atoms with Crippen molar-refractivity contribution in [3.8, 4) is 5.75 Å². The summed E-state index contributed by atoms with van der Waals surface area (Å²) in [4.78, 5) is 6.77. The second-order valence-electron chi connectivity index (χ2n) is 3.59. The second kappa shape index (κ2) is 5.48. The van der Waals surface area contributed by atoms with E-state index in [-0.39, 0.29) is 0 Å². The van der Waals surface area contributed by atoms with Crippen LogP contribution in [0.5, 0.6) is 5.75 Å². The van der Waals surface area contributed by atoms with Crippen LogP contribution in [0.4, 0.5) is 0 Å². The molecule has 4 heteroatoms. The number of hydrogen-bond donors (Lipinski definition) is 1. The SMILES string of the molecule is CCNCCc1c[se]c2ncc(OC)cc12. The monoisotopic (exact) mass is 284 g/mol. The molecule has 0 amide bonds. The summed E-state index contributed by atoms with van der Waals surface area (Å²) >= 11 is 0.406. The molecule has 16 heavy (non-hydrogen) atoms. The summed E-state index contributed by atoms with van der Waals surface area (Å²) in [5.41, 5.74) is 1.42. The average Bonchev–Trinajstić information content (AvgIpc) is 2.72. The zero-order valence-electron chi connectivity index (χ0n) is 9.62. The van der Waals surface area contributed by atoms with Crippen molar-refractivity contribution >= 4 is 24.3 Å². The molecule has 0 aliphatic carbocycles. The Labute approximate surface area is 102 Å². The summed E-state index contributed by atoms with van der Waals surface area (Å²) in [7, 11) is 1.69. The standard InChI is InChI=1S/C12H16N2OSe/c1-3-13-5-4-9-8-16-12-11(9)6-10(15-2)7-14-12/h6-8,13H,3-5H2,1-2H3. The van der Waals surface area contributed by atoms with Gasteiger partial charge in [-0.3, -0.25) is 0 Å². The molecule has 2 aromatic heterocycles. The number of nitrogens with one attached hydrogen (secondary N) is 1. The van der Waals surface area contributed by atoms with Crippen molar-refractivity contribution in [2.24, 2.45) is 0 Å². The van der Waals surface area contributed by atoms with Gasteiger partial charge in [-0.05, 0) is 0 Å². The van der Waals surface area contributed by atoms with Gasteiger partial charge in [0.15, 0.2) is 0 Å². The molecular formula is C12H16N2OSe. The van der Waals surface area contributed by atoms with E-state index in [0.29, 0.717) is 14.5 Å². The number of likely N-dealkylation sites (N-methyl/N-ethyl adjacent to an activating group) is 1. The third kappa shape index (κ3) is 2.46. The molecule has 0 radical (unpaired) electrons. The predicted molar refractivity (Wildman–Crippen MR) is 67.5 cm³/mol. The van der Waals surface area contributed by atoms with Crippen LogP contribution in [0.25, 0.3) is 9.78 Å². The van der Waals surface area contributed by atoms with E-state index in [1.54, 1.807) is 7.11 Å². The number of ether oxygens (including phenoxy) is 1. The maximum absolute atomic E-state index is 5.22. The van der Waals surface area contributed by atoms with E-state index in [4.69, 9.17) is 4.74 Å². The molecule has 1 N–H and O–H groups in total. The first-order valence-corrected chi connectivity index (χ1v) is 7.30. The van der Waals surface area contributed by atoms with Crippen molar-refractivity contribution in [1.29, 1.82) is 0 Å². The molecule has 0 aliphatic heterocycles. The molecule has 0 unspecified atom stereocenters. The molecule has 86 valence electrons. The molecule has 0 spiro atoms. The number of fused-ring (bicyclic) bond motifs is 1. The molecule has 2 aromatic rings. The Morgan fingerprint density at radius 2 is 2.38 bits per heavy atom. The Balaban J connectivity index is 2.24. The summed E-state index contributed by atoms with van der Waals surface area (Å²) in [5, 5.41) is 4.64. The van der Waals surface area contributed by atoms with Crippen LogP contribution in [-0.4, -0.2) is 39.7 Å². The molecule has 0 bridgehead atoms. The van der Waals surface area contributed by atoms with Gasteiger partial charge in [-0.1, -0.05) is 0 Å². The summed E-state index contributed by atoms with van der Waals surface area (Å²) in [6.45, 7) is 4.20. The number of hydrogen-bond acceptors (Lipinski definition) is 3. The number of rotatable bonds is 5. The van der Waals surface area contributed by atoms with E-state index < -0.39 is 0 Å². The van der Waals surface area contributed by atoms with Gasteiger partial charge in [-0.25, -0.2) is 0 Å². The van der Waals surface area contributed by atoms with Gasteiger partial charge in [0.1, 0.15) is 0 Å². The molecule has 0 fully saturated rings. The number of nitrogens with zero attached hydrogens (tertiary/aromatic N) is 1. The Morgan fingerprint density at radius 3 is 3.12 bits per heavy atom. The Morgan fingerprint density at radius 1 is 1.50 bits per heavy atom. The number of pyridine rings is 1. The van der Waals surface area contributed by atoms with Gasteiger partial charge in [0.25, 0.3) is 0 Å². The zero-order valence-corrected chi connectivity index (χ0v) is 11.3. The van der Waals surface area contributed by atoms with Gasteiger partial charge in [0.05, 0.1) is 0 Å². The van der Waals surface area contributed by atoms with E-state index >= 15 is 0 Å². The van der Waals surface area contributed by atoms with Gasteiger partial charge in [-0.15, -0.1) is 0 Å². The van der Waals surface area contributed by atoms with Gasteiger partial charge >= 0.3 is 101 Å². The third-order valence-corrected chi connectivity index (χ3v) is 4.54. The molecule has 0 atom stereocenters. The Kier molecular flexibility index (Phi) is 3.99. The second-order valence-corrected chi connectivity index (χ2v) is 5.39. The minimum absolute atomic E-state index is 0.406. The quantitative estimate of drug-likeness (QED) is 0.666. The molecule has 2 heterocycles. The first-order chi connectivity index (χ1) is 7.85. The fourth-order valence-electron chi connectivity index (χ4n) is 1.65. The summed E-state index contributed by atoms with van der Waals surface area (Å²) < 4.78 is 6.45. The van der Waals surface area contributed by atoms with Gasteiger partial charge < -0.3 is 0 Å². The fourth-order valence-corrected chi connectivity index (χ4v) is 3.60. The Hall–Kier alpha value is -0.831. The molecule has 0 saturated carbocycles. The molecule has 0 aromatic carbocycles. The molecular weight excluding hydrogens is 267 g/mol. The first kappa shape index (κ1) is 11.6. The summed E-state index contributed by atoms with van der Waals surface area (Å²) in [6, 6.07) is 2.11. The number of aromatic nitrogens is 1. The fraction of sp³-hybridized carbons (Fsp3) is 0.417. The zero-order chi connectivity index (χ0) is 11.4. The van der Waals surface area contributed by atoms with Crippen LogP contribution in [0.3, 0.4) is 0 Å². The van der Waals surface area contributed by atoms with Crippen LogP contribution in [-0.2, 0) is 6.42 Å². The van der Waals surface area contributed by atoms with Crippen LogP contribution in [0, 0.1) is 0 Å². The molecule has 3 nitrogen and oxygen atoms in total. The van der Waals surface area contributed by atoms with Crippen molar-refractivity contribution < 1.29 is 4.74 Å². The van der Waals surface area contributed by atoms with Crippen LogP contribution < -0.4 is 10.1 Å². The summed E-state index contributed by atoms with van der Waals surface area (Å²) in [5.74, 6) is 0.853. The van der Waals surface area contributed by atoms with Crippen molar-refractivity contribution in [3.05, 3.63) is 22.8 Å². The van der Waals surface area contributed by atoms with Crippen LogP contribution in [0.1, 0.15) is 12.5 Å². The molecule has 0 saturated heterocycles.